The van der Waals surface area contributed by atoms with Crippen molar-refractivity contribution < 1.29 is 37.9 Å². The molecule has 8 aromatic carbocycles. The number of aromatic nitrogens is 8. The maximum atomic E-state index is 6.71. The third-order valence-corrected chi connectivity index (χ3v) is 22.0. The number of nitrogens with one attached hydrogen (secondary N) is 2. The second-order valence-corrected chi connectivity index (χ2v) is 31.1. The van der Waals surface area contributed by atoms with Crippen LogP contribution in [-0.4, -0.2) is 92.7 Å². The fourth-order valence-electron chi connectivity index (χ4n) is 15.4. The first-order valence-corrected chi connectivity index (χ1v) is 43.5. The van der Waals surface area contributed by atoms with Gasteiger partial charge in [0, 0.05) is 43.8 Å². The maximum absolute atomic E-state index is 6.71. The van der Waals surface area contributed by atoms with Crippen LogP contribution >= 0.6 is 0 Å². The molecule has 11 aromatic rings. The van der Waals surface area contributed by atoms with E-state index in [0.717, 1.165) is 338 Å². The van der Waals surface area contributed by atoms with E-state index < -0.39 is 0 Å². The Morgan fingerprint density at radius 3 is 0.509 bits per heavy atom. The van der Waals surface area contributed by atoms with Gasteiger partial charge >= 0.3 is 0 Å². The van der Waals surface area contributed by atoms with Gasteiger partial charge in [-0.2, -0.15) is 0 Å². The van der Waals surface area contributed by atoms with E-state index in [1.54, 1.807) is 0 Å². The van der Waals surface area contributed by atoms with Gasteiger partial charge in [0.05, 0.1) is 52.9 Å². The lowest BCUT2D eigenvalue weighted by Gasteiger charge is -2.15. The number of fused-ring (bicyclic) bond motifs is 24. The lowest BCUT2D eigenvalue weighted by molar-refractivity contribution is 0.259. The van der Waals surface area contributed by atoms with Crippen LogP contribution in [0.15, 0.2) is 97.1 Å². The summed E-state index contributed by atoms with van der Waals surface area (Å²) in [5, 5.41) is 11.2. The number of benzene rings is 8. The van der Waals surface area contributed by atoms with Gasteiger partial charge < -0.3 is 47.9 Å². The lowest BCUT2D eigenvalue weighted by Crippen LogP contribution is -2.03. The molecule has 3 aromatic heterocycles. The van der Waals surface area contributed by atoms with Gasteiger partial charge in [-0.15, -0.1) is 0 Å². The van der Waals surface area contributed by atoms with E-state index in [1.165, 1.54) is 0 Å². The second kappa shape index (κ2) is 40.8. The predicted octanol–water partition coefficient (Wildman–Crippen LogP) is 27.2. The molecule has 0 amide bonds. The number of nitrogens with zero attached hydrogens (tertiary/aromatic N) is 6. The average Bonchev–Trinajstić information content (AvgIpc) is 1.57. The lowest BCUT2D eigenvalue weighted by atomic mass is 10.0. The number of rotatable bonds is 48. The van der Waals surface area contributed by atoms with Crippen LogP contribution in [-0.2, 0) is 0 Å². The molecule has 0 atom stereocenters. The van der Waals surface area contributed by atoms with Crippen LogP contribution in [0.25, 0.3) is 133 Å². The van der Waals surface area contributed by atoms with Crippen molar-refractivity contribution in [3.05, 3.63) is 97.1 Å². The minimum atomic E-state index is 0.492. The summed E-state index contributed by atoms with van der Waals surface area (Å²) >= 11 is 0. The number of aromatic amines is 2. The van der Waals surface area contributed by atoms with Crippen LogP contribution in [0.1, 0.15) is 261 Å². The summed E-state index contributed by atoms with van der Waals surface area (Å²) in [4.78, 5) is 41.6. The third kappa shape index (κ3) is 20.1. The van der Waals surface area contributed by atoms with Gasteiger partial charge in [0.25, 0.3) is 0 Å². The van der Waals surface area contributed by atoms with Crippen molar-refractivity contribution in [2.24, 2.45) is 0 Å². The molecule has 594 valence electrons. The number of ether oxygens (including phenoxy) is 8. The Hall–Kier alpha value is -9.44. The number of hydrogen-bond acceptors (Lipinski definition) is 14. The normalized spacial score (nSPS) is 11.9. The molecule has 8 bridgehead atoms. The molecule has 2 aliphatic heterocycles. The number of hydrogen-bond donors (Lipinski definition) is 2. The quantitative estimate of drug-likeness (QED) is 0.0344. The molecule has 112 heavy (non-hydrogen) atoms. The average molecular weight is 1520 g/mol. The molecule has 2 N–H and O–H groups in total. The third-order valence-electron chi connectivity index (χ3n) is 22.0. The van der Waals surface area contributed by atoms with Crippen LogP contribution in [0.2, 0.25) is 0 Å². The topological polar surface area (TPSA) is 183 Å². The monoisotopic (exact) mass is 1510 g/mol. The van der Waals surface area contributed by atoms with Crippen LogP contribution in [0.4, 0.5) is 0 Å². The summed E-state index contributed by atoms with van der Waals surface area (Å²) in [5.41, 5.74) is 5.61. The summed E-state index contributed by atoms with van der Waals surface area (Å²) in [7, 11) is 0. The molecular weight excluding hydrogens is 1390 g/mol. The summed E-state index contributed by atoms with van der Waals surface area (Å²) < 4.78 is 53.7. The van der Waals surface area contributed by atoms with E-state index in [4.69, 9.17) is 67.8 Å². The highest BCUT2D eigenvalue weighted by Crippen LogP contribution is 2.46. The van der Waals surface area contributed by atoms with Crippen molar-refractivity contribution in [3.63, 3.8) is 0 Å². The van der Waals surface area contributed by atoms with E-state index in [9.17, 15) is 0 Å². The summed E-state index contributed by atoms with van der Waals surface area (Å²) in [5.74, 6) is 7.83. The van der Waals surface area contributed by atoms with Gasteiger partial charge in [-0.1, -0.05) is 209 Å². The zero-order valence-electron chi connectivity index (χ0n) is 68.5. The summed E-state index contributed by atoms with van der Waals surface area (Å²) in [6, 6.07) is 34.8. The van der Waals surface area contributed by atoms with Crippen LogP contribution in [0, 0.1) is 0 Å². The van der Waals surface area contributed by atoms with Crippen LogP contribution in [0.5, 0.6) is 46.0 Å². The standard InChI is InChI=1S/C96H122N8O8/c1-9-17-25-33-41-105-81-57-65-49-73-74(50-66(65)58-82(81)106-42-34-26-18-10-2)90-97-89(73)101-91-75-51-67-59-83(107-43-35-27-19-11-3)84(108-44-36-28-20-12-4)60-68(67)52-76(75)93(98-91)103-95-79-55-71-63-87(111-47-39-31-23-15-7)88(112-48-40-32-24-16-8)64-72(71)56-80(79)96(100-95)104-94-78-54-70-62-86(110-46-38-30-22-14-6)85(109-45-37-29-21-13-5)61-69(70)53-77(78)92(99-94)102-90/h49-64H,9-48H2,1-8H3,(H2,97,98,99,100,101,102,103,104). The highest BCUT2D eigenvalue weighted by Gasteiger charge is 2.27. The zero-order chi connectivity index (χ0) is 77.4. The molecular formula is C96H122N8O8. The van der Waals surface area contributed by atoms with Crippen LogP contribution in [0.3, 0.4) is 0 Å². The highest BCUT2D eigenvalue weighted by atomic mass is 16.5. The Bertz CT molecular complexity index is 4520. The Kier molecular flexibility index (Phi) is 29.4. The van der Waals surface area contributed by atoms with E-state index in [-0.39, 0.29) is 0 Å². The SMILES string of the molecule is CCCCCCOc1cc2cc3c(cc2cc1OCCCCCC)-c1nc-3nc2[nH]c(nc3nc(nc4[nH]c(n1)c1cc5cc(OCCCCCC)c(OCCCCCC)cc5cc41)-c1cc4cc(OCCCCCC)c(OCCCCCC)cc4cc1-3)c1cc3cc(OCCCCCC)c(OCCCCCC)cc3cc21. The van der Waals surface area contributed by atoms with E-state index in [0.29, 0.717) is 98.7 Å². The van der Waals surface area contributed by atoms with Crippen molar-refractivity contribution in [1.82, 2.24) is 39.9 Å². The van der Waals surface area contributed by atoms with Crippen molar-refractivity contribution in [2.45, 2.75) is 261 Å². The Morgan fingerprint density at radius 2 is 0.348 bits per heavy atom. The first-order valence-electron chi connectivity index (χ1n) is 43.5. The van der Waals surface area contributed by atoms with Gasteiger partial charge in [0.2, 0.25) is 0 Å². The molecule has 0 fully saturated rings. The molecule has 16 nitrogen and oxygen atoms in total. The van der Waals surface area contributed by atoms with E-state index in [1.807, 2.05) is 0 Å². The number of unbranched alkanes of at least 4 members (excludes halogenated alkanes) is 24. The van der Waals surface area contributed by atoms with Crippen molar-refractivity contribution >= 4 is 87.2 Å². The van der Waals surface area contributed by atoms with Crippen molar-refractivity contribution in [3.8, 4) is 91.5 Å². The Morgan fingerprint density at radius 1 is 0.188 bits per heavy atom. The fourth-order valence-corrected chi connectivity index (χ4v) is 15.4. The summed E-state index contributed by atoms with van der Waals surface area (Å²) in [6.07, 6.45) is 35.0. The molecule has 0 unspecified atom stereocenters. The van der Waals surface area contributed by atoms with Gasteiger partial charge in [0.15, 0.2) is 69.3 Å². The molecule has 0 aliphatic carbocycles. The molecule has 2 aliphatic rings. The largest absolute Gasteiger partial charge is 0.490 e. The first-order chi connectivity index (χ1) is 55.2. The molecule has 0 spiro atoms. The zero-order valence-corrected chi connectivity index (χ0v) is 68.5. The Labute approximate surface area is 663 Å². The molecule has 5 heterocycles. The first kappa shape index (κ1) is 80.6. The molecule has 0 radical (unpaired) electrons. The molecule has 0 saturated heterocycles. The molecule has 0 saturated carbocycles. The van der Waals surface area contributed by atoms with Crippen molar-refractivity contribution in [1.29, 1.82) is 0 Å². The van der Waals surface area contributed by atoms with Gasteiger partial charge in [-0.05, 0) is 192 Å². The minimum absolute atomic E-state index is 0.492. The molecule has 16 heteroatoms. The second-order valence-electron chi connectivity index (χ2n) is 31.1. The maximum Gasteiger partial charge on any atom is 0.164 e. The highest BCUT2D eigenvalue weighted by molar-refractivity contribution is 6.14. The Balaban J connectivity index is 1.08. The number of H-pyrrole nitrogens is 2. The predicted molar refractivity (Wildman–Crippen MR) is 463 cm³/mol. The van der Waals surface area contributed by atoms with Crippen LogP contribution < -0.4 is 37.9 Å². The van der Waals surface area contributed by atoms with Gasteiger partial charge in [-0.3, -0.25) is 0 Å². The van der Waals surface area contributed by atoms with E-state index >= 15 is 0 Å². The van der Waals surface area contributed by atoms with Crippen molar-refractivity contribution in [2.75, 3.05) is 52.9 Å². The molecule has 13 rings (SSSR count). The minimum Gasteiger partial charge on any atom is -0.490 e. The van der Waals surface area contributed by atoms with E-state index in [2.05, 4.69) is 162 Å². The van der Waals surface area contributed by atoms with Gasteiger partial charge in [0.1, 0.15) is 22.6 Å². The summed E-state index contributed by atoms with van der Waals surface area (Å²) in [6.45, 7) is 22.7. The fraction of sp³-hybridized carbons (Fsp3) is 0.500. The van der Waals surface area contributed by atoms with Gasteiger partial charge in [-0.25, -0.2) is 29.9 Å². The smallest absolute Gasteiger partial charge is 0.164 e.